The zero-order valence-corrected chi connectivity index (χ0v) is 10.3. The van der Waals surface area contributed by atoms with Crippen LogP contribution in [0.25, 0.3) is 0 Å². The Morgan fingerprint density at radius 3 is 3.05 bits per heavy atom. The Kier molecular flexibility index (Phi) is 2.76. The van der Waals surface area contributed by atoms with Gasteiger partial charge in [-0.15, -0.1) is 0 Å². The van der Waals surface area contributed by atoms with E-state index in [4.69, 9.17) is 5.26 Å². The highest BCUT2D eigenvalue weighted by Crippen LogP contribution is 2.31. The number of aromatic amines is 1. The predicted molar refractivity (Wildman–Crippen MR) is 71.3 cm³/mol. The molecule has 2 heterocycles. The molecule has 3 rings (SSSR count). The smallest absolute Gasteiger partial charge is 0.326 e. The van der Waals surface area contributed by atoms with Gasteiger partial charge in [0, 0.05) is 18.3 Å². The van der Waals surface area contributed by atoms with Crippen LogP contribution in [-0.2, 0) is 6.42 Å². The molecule has 1 aromatic heterocycles. The molecule has 5 nitrogen and oxygen atoms in total. The molecule has 0 amide bonds. The fourth-order valence-electron chi connectivity index (χ4n) is 2.41. The first-order valence-electron chi connectivity index (χ1n) is 6.15. The van der Waals surface area contributed by atoms with Crippen molar-refractivity contribution in [1.82, 2.24) is 9.97 Å². The van der Waals surface area contributed by atoms with Gasteiger partial charge < -0.3 is 4.90 Å². The molecular formula is C14H12N4O. The summed E-state index contributed by atoms with van der Waals surface area (Å²) < 4.78 is 0. The third-order valence-electron chi connectivity index (χ3n) is 3.24. The Hall–Kier alpha value is -2.61. The van der Waals surface area contributed by atoms with Gasteiger partial charge >= 0.3 is 5.69 Å². The Balaban J connectivity index is 2.12. The maximum Gasteiger partial charge on any atom is 0.347 e. The minimum atomic E-state index is -0.489. The van der Waals surface area contributed by atoms with Gasteiger partial charge in [-0.05, 0) is 24.5 Å². The second-order valence-electron chi connectivity index (χ2n) is 4.45. The molecule has 0 spiro atoms. The summed E-state index contributed by atoms with van der Waals surface area (Å²) in [5, 5.41) is 8.91. The van der Waals surface area contributed by atoms with Crippen LogP contribution in [0.3, 0.4) is 0 Å². The normalized spacial score (nSPS) is 13.7. The number of benzene rings is 1. The minimum absolute atomic E-state index is 0.234. The molecule has 19 heavy (non-hydrogen) atoms. The van der Waals surface area contributed by atoms with Crippen molar-refractivity contribution in [3.05, 3.63) is 52.1 Å². The number of fused-ring (bicyclic) bond motifs is 1. The van der Waals surface area contributed by atoms with Gasteiger partial charge in [0.2, 0.25) is 0 Å². The molecule has 1 aliphatic rings. The van der Waals surface area contributed by atoms with E-state index in [1.165, 1.54) is 5.56 Å². The van der Waals surface area contributed by atoms with Gasteiger partial charge in [-0.3, -0.25) is 4.98 Å². The molecule has 0 fully saturated rings. The lowest BCUT2D eigenvalue weighted by molar-refractivity contribution is 0.756. The number of aryl methyl sites for hydroxylation is 1. The van der Waals surface area contributed by atoms with Gasteiger partial charge in [0.1, 0.15) is 17.6 Å². The third-order valence-corrected chi connectivity index (χ3v) is 3.24. The molecule has 0 saturated heterocycles. The molecule has 94 valence electrons. The molecule has 1 aliphatic heterocycles. The number of nitrogens with zero attached hydrogens (tertiary/aromatic N) is 3. The van der Waals surface area contributed by atoms with Crippen molar-refractivity contribution in [2.45, 2.75) is 12.8 Å². The van der Waals surface area contributed by atoms with Crippen LogP contribution in [0.15, 0.2) is 35.1 Å². The molecule has 0 bridgehead atoms. The van der Waals surface area contributed by atoms with Gasteiger partial charge in [-0.2, -0.15) is 10.2 Å². The quantitative estimate of drug-likeness (QED) is 0.838. The van der Waals surface area contributed by atoms with E-state index in [0.717, 1.165) is 25.1 Å². The van der Waals surface area contributed by atoms with Crippen LogP contribution < -0.4 is 10.6 Å². The summed E-state index contributed by atoms with van der Waals surface area (Å²) in [6, 6.07) is 11.6. The Morgan fingerprint density at radius 2 is 2.21 bits per heavy atom. The largest absolute Gasteiger partial charge is 0.347 e. The van der Waals surface area contributed by atoms with Crippen molar-refractivity contribution in [3.8, 4) is 6.07 Å². The van der Waals surface area contributed by atoms with Crippen molar-refractivity contribution >= 4 is 11.5 Å². The van der Waals surface area contributed by atoms with Crippen molar-refractivity contribution in [2.24, 2.45) is 0 Å². The summed E-state index contributed by atoms with van der Waals surface area (Å²) in [6.07, 6.45) is 2.04. The van der Waals surface area contributed by atoms with Crippen LogP contribution >= 0.6 is 0 Å². The molecule has 5 heteroatoms. The van der Waals surface area contributed by atoms with E-state index in [2.05, 4.69) is 16.0 Å². The summed E-state index contributed by atoms with van der Waals surface area (Å²) in [5.74, 6) is 0.535. The number of anilines is 2. The highest BCUT2D eigenvalue weighted by atomic mass is 16.1. The van der Waals surface area contributed by atoms with E-state index < -0.39 is 5.69 Å². The fourth-order valence-corrected chi connectivity index (χ4v) is 2.41. The van der Waals surface area contributed by atoms with Crippen molar-refractivity contribution in [1.29, 1.82) is 5.26 Å². The van der Waals surface area contributed by atoms with E-state index in [1.807, 2.05) is 29.2 Å². The molecular weight excluding hydrogens is 240 g/mol. The molecule has 0 saturated carbocycles. The van der Waals surface area contributed by atoms with Gasteiger partial charge in [-0.1, -0.05) is 18.2 Å². The number of hydrogen-bond acceptors (Lipinski definition) is 4. The van der Waals surface area contributed by atoms with Gasteiger partial charge in [0.25, 0.3) is 0 Å². The first-order chi connectivity index (χ1) is 9.28. The van der Waals surface area contributed by atoms with Crippen LogP contribution in [-0.4, -0.2) is 16.5 Å². The Bertz CT molecular complexity index is 714. The molecule has 0 radical (unpaired) electrons. The zero-order chi connectivity index (χ0) is 13.2. The van der Waals surface area contributed by atoms with Gasteiger partial charge in [0.15, 0.2) is 0 Å². The van der Waals surface area contributed by atoms with Crippen LogP contribution in [0.2, 0.25) is 0 Å². The lowest BCUT2D eigenvalue weighted by Gasteiger charge is -2.30. The lowest BCUT2D eigenvalue weighted by atomic mass is 10.0. The van der Waals surface area contributed by atoms with Gasteiger partial charge in [-0.25, -0.2) is 4.79 Å². The summed E-state index contributed by atoms with van der Waals surface area (Å²) in [5.41, 5.74) is 2.06. The molecule has 1 aromatic carbocycles. The highest BCUT2D eigenvalue weighted by Gasteiger charge is 2.19. The number of rotatable bonds is 1. The number of para-hydroxylation sites is 1. The fraction of sp³-hybridized carbons (Fsp3) is 0.214. The first-order valence-corrected chi connectivity index (χ1v) is 6.15. The highest BCUT2D eigenvalue weighted by molar-refractivity contribution is 5.65. The first kappa shape index (κ1) is 11.5. The Morgan fingerprint density at radius 1 is 1.37 bits per heavy atom. The number of hydrogen-bond donors (Lipinski definition) is 1. The SMILES string of the molecule is N#Cc1cc(N2CCCc3ccccc32)nc(=O)[nH]1. The van der Waals surface area contributed by atoms with Gasteiger partial charge in [0.05, 0.1) is 0 Å². The standard InChI is InChI=1S/C14H12N4O/c15-9-11-8-13(17-14(19)16-11)18-7-3-5-10-4-1-2-6-12(10)18/h1-2,4,6,8H,3,5,7H2,(H,16,17,19). The number of nitrogens with one attached hydrogen (secondary N) is 1. The summed E-state index contributed by atoms with van der Waals surface area (Å²) >= 11 is 0. The molecule has 2 aromatic rings. The van der Waals surface area contributed by atoms with E-state index in [0.29, 0.717) is 5.82 Å². The van der Waals surface area contributed by atoms with Crippen LogP contribution in [0.5, 0.6) is 0 Å². The zero-order valence-electron chi connectivity index (χ0n) is 10.3. The number of aromatic nitrogens is 2. The summed E-state index contributed by atoms with van der Waals surface area (Å²) in [7, 11) is 0. The molecule has 0 unspecified atom stereocenters. The van der Waals surface area contributed by atoms with Crippen molar-refractivity contribution in [3.63, 3.8) is 0 Å². The molecule has 1 N–H and O–H groups in total. The minimum Gasteiger partial charge on any atom is -0.326 e. The maximum absolute atomic E-state index is 11.5. The van der Waals surface area contributed by atoms with E-state index in [1.54, 1.807) is 6.07 Å². The number of nitriles is 1. The van der Waals surface area contributed by atoms with Crippen LogP contribution in [0, 0.1) is 11.3 Å². The van der Waals surface area contributed by atoms with Crippen LogP contribution in [0.1, 0.15) is 17.7 Å². The average Bonchev–Trinajstić information content (AvgIpc) is 2.46. The molecule has 0 atom stereocenters. The summed E-state index contributed by atoms with van der Waals surface area (Å²) in [4.78, 5) is 19.8. The van der Waals surface area contributed by atoms with E-state index in [-0.39, 0.29) is 5.69 Å². The second kappa shape index (κ2) is 4.58. The lowest BCUT2D eigenvalue weighted by Crippen LogP contribution is -2.27. The second-order valence-corrected chi connectivity index (χ2v) is 4.45. The Labute approximate surface area is 110 Å². The number of H-pyrrole nitrogens is 1. The average molecular weight is 252 g/mol. The topological polar surface area (TPSA) is 72.8 Å². The van der Waals surface area contributed by atoms with Crippen molar-refractivity contribution < 1.29 is 0 Å². The van der Waals surface area contributed by atoms with E-state index in [9.17, 15) is 4.79 Å². The third kappa shape index (κ3) is 2.08. The predicted octanol–water partition coefficient (Wildman–Crippen LogP) is 1.73. The monoisotopic (exact) mass is 252 g/mol. The van der Waals surface area contributed by atoms with E-state index >= 15 is 0 Å². The maximum atomic E-state index is 11.5. The van der Waals surface area contributed by atoms with Crippen LogP contribution in [0.4, 0.5) is 11.5 Å². The molecule has 0 aliphatic carbocycles. The summed E-state index contributed by atoms with van der Waals surface area (Å²) in [6.45, 7) is 0.804. The van der Waals surface area contributed by atoms with Crippen molar-refractivity contribution in [2.75, 3.05) is 11.4 Å².